The minimum absolute atomic E-state index is 0.0651. The summed E-state index contributed by atoms with van der Waals surface area (Å²) in [4.78, 5) is 57.5. The molecule has 8 nitrogen and oxygen atoms in total. The van der Waals surface area contributed by atoms with Crippen LogP contribution in [0.25, 0.3) is 0 Å². The van der Waals surface area contributed by atoms with E-state index in [2.05, 4.69) is 17.9 Å². The number of nitrogens with zero attached hydrogens (tertiary/aromatic N) is 1. The molecule has 0 fully saturated rings. The lowest BCUT2D eigenvalue weighted by Gasteiger charge is -2.21. The SMILES string of the molecule is CSC(CC=O)C(=O)N(C)CCSSCCNC(=O)CC(S)C(=O)C(=O)O. The van der Waals surface area contributed by atoms with Gasteiger partial charge in [-0.2, -0.15) is 24.4 Å². The molecule has 0 aliphatic carbocycles. The summed E-state index contributed by atoms with van der Waals surface area (Å²) < 4.78 is 0. The Bertz CT molecular complexity index is 534. The number of amides is 2. The Labute approximate surface area is 176 Å². The highest BCUT2D eigenvalue weighted by Gasteiger charge is 2.23. The molecular weight excluding hydrogens is 432 g/mol. The van der Waals surface area contributed by atoms with Gasteiger partial charge in [0.2, 0.25) is 11.8 Å². The topological polar surface area (TPSA) is 121 Å². The molecule has 0 saturated heterocycles. The van der Waals surface area contributed by atoms with Gasteiger partial charge in [-0.1, -0.05) is 21.6 Å². The molecular formula is C15H24N2O6S4. The van der Waals surface area contributed by atoms with E-state index >= 15 is 0 Å². The predicted molar refractivity (Wildman–Crippen MR) is 114 cm³/mol. The highest BCUT2D eigenvalue weighted by molar-refractivity contribution is 8.76. The van der Waals surface area contributed by atoms with Crippen LogP contribution in [0.5, 0.6) is 0 Å². The fraction of sp³-hybridized carbons (Fsp3) is 0.667. The normalized spacial score (nSPS) is 12.7. The van der Waals surface area contributed by atoms with Crippen LogP contribution in [0, 0.1) is 0 Å². The zero-order valence-corrected chi connectivity index (χ0v) is 18.4. The smallest absolute Gasteiger partial charge is 0.373 e. The lowest BCUT2D eigenvalue weighted by atomic mass is 10.2. The van der Waals surface area contributed by atoms with Crippen molar-refractivity contribution >= 4 is 75.8 Å². The number of Topliss-reactive ketones (excluding diaryl/α,β-unsaturated/α-hetero) is 1. The highest BCUT2D eigenvalue weighted by Crippen LogP contribution is 2.20. The number of hydrogen-bond acceptors (Lipinski definition) is 9. The third kappa shape index (κ3) is 11.6. The average molecular weight is 457 g/mol. The fourth-order valence-corrected chi connectivity index (χ4v) is 4.63. The van der Waals surface area contributed by atoms with Crippen molar-refractivity contribution in [2.75, 3.05) is 37.9 Å². The van der Waals surface area contributed by atoms with Gasteiger partial charge in [0.15, 0.2) is 0 Å². The van der Waals surface area contributed by atoms with Gasteiger partial charge >= 0.3 is 5.97 Å². The number of carbonyl (C=O) groups is 5. The summed E-state index contributed by atoms with van der Waals surface area (Å²) in [6.07, 6.45) is 2.47. The summed E-state index contributed by atoms with van der Waals surface area (Å²) >= 11 is 5.17. The van der Waals surface area contributed by atoms with E-state index in [-0.39, 0.29) is 24.0 Å². The number of rotatable bonds is 15. The largest absolute Gasteiger partial charge is 0.475 e. The van der Waals surface area contributed by atoms with Crippen molar-refractivity contribution in [1.82, 2.24) is 10.2 Å². The molecule has 12 heteroatoms. The van der Waals surface area contributed by atoms with Gasteiger partial charge in [0, 0.05) is 44.5 Å². The number of aldehydes is 1. The molecule has 0 aromatic heterocycles. The second-order valence-electron chi connectivity index (χ2n) is 5.27. The molecule has 2 unspecified atom stereocenters. The summed E-state index contributed by atoms with van der Waals surface area (Å²) in [5, 5.41) is 9.63. The number of carboxylic acids is 1. The molecule has 0 aliphatic rings. The zero-order chi connectivity index (χ0) is 20.8. The molecule has 2 N–H and O–H groups in total. The number of ketones is 1. The van der Waals surface area contributed by atoms with Crippen LogP contribution in [0.2, 0.25) is 0 Å². The average Bonchev–Trinajstić information content (AvgIpc) is 2.63. The van der Waals surface area contributed by atoms with Crippen molar-refractivity contribution in [2.24, 2.45) is 0 Å². The molecule has 2 amide bonds. The van der Waals surface area contributed by atoms with Crippen LogP contribution in [0.15, 0.2) is 0 Å². The molecule has 0 heterocycles. The maximum absolute atomic E-state index is 12.1. The van der Waals surface area contributed by atoms with Crippen molar-refractivity contribution in [3.05, 3.63) is 0 Å². The second kappa shape index (κ2) is 15.1. The lowest BCUT2D eigenvalue weighted by Crippen LogP contribution is -2.36. The van der Waals surface area contributed by atoms with Gasteiger partial charge in [0.25, 0.3) is 5.78 Å². The van der Waals surface area contributed by atoms with Crippen molar-refractivity contribution < 1.29 is 29.1 Å². The molecule has 0 aromatic carbocycles. The van der Waals surface area contributed by atoms with Crippen molar-refractivity contribution in [2.45, 2.75) is 23.3 Å². The van der Waals surface area contributed by atoms with Crippen molar-refractivity contribution in [3.63, 3.8) is 0 Å². The van der Waals surface area contributed by atoms with E-state index < -0.39 is 22.9 Å². The Morgan fingerprint density at radius 1 is 1.22 bits per heavy atom. The van der Waals surface area contributed by atoms with E-state index in [1.54, 1.807) is 29.0 Å². The van der Waals surface area contributed by atoms with E-state index in [9.17, 15) is 24.0 Å². The first-order chi connectivity index (χ1) is 12.7. The Kier molecular flexibility index (Phi) is 14.6. The molecule has 0 aliphatic heterocycles. The second-order valence-corrected chi connectivity index (χ2v) is 9.64. The fourth-order valence-electron chi connectivity index (χ4n) is 1.75. The van der Waals surface area contributed by atoms with Crippen molar-refractivity contribution in [1.29, 1.82) is 0 Å². The number of carboxylic acid groups (broad SMARTS) is 1. The van der Waals surface area contributed by atoms with Crippen LogP contribution in [0.4, 0.5) is 0 Å². The zero-order valence-electron chi connectivity index (χ0n) is 15.1. The number of aliphatic carboxylic acids is 1. The van der Waals surface area contributed by atoms with E-state index in [1.807, 2.05) is 0 Å². The number of nitrogens with one attached hydrogen (secondary N) is 1. The van der Waals surface area contributed by atoms with E-state index in [0.717, 1.165) is 6.29 Å². The summed E-state index contributed by atoms with van der Waals surface area (Å²) in [6.45, 7) is 0.929. The first-order valence-corrected chi connectivity index (χ1v) is 12.2. The van der Waals surface area contributed by atoms with Crippen LogP contribution in [-0.4, -0.2) is 88.3 Å². The van der Waals surface area contributed by atoms with Gasteiger partial charge in [0.05, 0.1) is 10.5 Å². The molecule has 0 saturated carbocycles. The first-order valence-electron chi connectivity index (χ1n) is 7.92. The molecule has 0 spiro atoms. The summed E-state index contributed by atoms with van der Waals surface area (Å²) in [6, 6.07) is 0. The Balaban J connectivity index is 3.84. The van der Waals surface area contributed by atoms with Gasteiger partial charge in [0.1, 0.15) is 6.29 Å². The van der Waals surface area contributed by atoms with E-state index in [1.165, 1.54) is 22.6 Å². The predicted octanol–water partition coefficient (Wildman–Crippen LogP) is 0.605. The molecule has 0 rings (SSSR count). The van der Waals surface area contributed by atoms with Crippen LogP contribution in [0.3, 0.4) is 0 Å². The highest BCUT2D eigenvalue weighted by atomic mass is 33.1. The number of thiol groups is 1. The third-order valence-corrected chi connectivity index (χ3v) is 7.01. The van der Waals surface area contributed by atoms with E-state index in [4.69, 9.17) is 5.11 Å². The van der Waals surface area contributed by atoms with Gasteiger partial charge in [-0.3, -0.25) is 14.4 Å². The number of thioether (sulfide) groups is 1. The quantitative estimate of drug-likeness (QED) is 0.107. The molecule has 154 valence electrons. The molecule has 27 heavy (non-hydrogen) atoms. The summed E-state index contributed by atoms with van der Waals surface area (Å²) in [7, 11) is 4.78. The maximum Gasteiger partial charge on any atom is 0.373 e. The molecule has 2 atom stereocenters. The van der Waals surface area contributed by atoms with Crippen LogP contribution >= 0.6 is 46.0 Å². The minimum atomic E-state index is -1.60. The van der Waals surface area contributed by atoms with E-state index in [0.29, 0.717) is 24.6 Å². The maximum atomic E-state index is 12.1. The van der Waals surface area contributed by atoms with Gasteiger partial charge in [-0.05, 0) is 6.26 Å². The van der Waals surface area contributed by atoms with Gasteiger partial charge in [-0.25, -0.2) is 4.79 Å². The Morgan fingerprint density at radius 2 is 1.85 bits per heavy atom. The van der Waals surface area contributed by atoms with Crippen molar-refractivity contribution in [3.8, 4) is 0 Å². The Hall–Kier alpha value is -0.850. The lowest BCUT2D eigenvalue weighted by molar-refractivity contribution is -0.149. The molecule has 0 radical (unpaired) electrons. The molecule has 0 aromatic rings. The number of hydrogen-bond donors (Lipinski definition) is 3. The molecule has 0 bridgehead atoms. The van der Waals surface area contributed by atoms with Crippen LogP contribution in [-0.2, 0) is 24.0 Å². The van der Waals surface area contributed by atoms with Gasteiger partial charge < -0.3 is 20.1 Å². The number of carbonyl (C=O) groups excluding carboxylic acids is 4. The monoisotopic (exact) mass is 456 g/mol. The third-order valence-electron chi connectivity index (χ3n) is 3.24. The van der Waals surface area contributed by atoms with Gasteiger partial charge in [-0.15, -0.1) is 0 Å². The first kappa shape index (κ1) is 26.1. The summed E-state index contributed by atoms with van der Waals surface area (Å²) in [5.74, 6) is -1.88. The Morgan fingerprint density at radius 3 is 2.41 bits per heavy atom. The minimum Gasteiger partial charge on any atom is -0.475 e. The summed E-state index contributed by atoms with van der Waals surface area (Å²) in [5.41, 5.74) is 0. The standard InChI is InChI=1S/C15H24N2O6S4/c1-17(14(21)11(25-2)3-6-18)5-8-27-26-7-4-16-12(19)9-10(24)13(20)15(22)23/h6,10-11,24H,3-5,7-9H2,1-2H3,(H,16,19)(H,22,23). The van der Waals surface area contributed by atoms with Crippen LogP contribution in [0.1, 0.15) is 12.8 Å². The van der Waals surface area contributed by atoms with Crippen LogP contribution < -0.4 is 5.32 Å².